The van der Waals surface area contributed by atoms with Gasteiger partial charge in [-0.25, -0.2) is 10.4 Å². The summed E-state index contributed by atoms with van der Waals surface area (Å²) >= 11 is 6.33. The normalized spacial score (nSPS) is 14.6. The largest absolute Gasteiger partial charge is 0.508 e. The van der Waals surface area contributed by atoms with E-state index in [0.717, 1.165) is 37.1 Å². The Bertz CT molecular complexity index is 1130. The van der Waals surface area contributed by atoms with Crippen molar-refractivity contribution in [3.63, 3.8) is 0 Å². The number of carbonyl (C=O) groups is 4. The van der Waals surface area contributed by atoms with Crippen molar-refractivity contribution >= 4 is 35.3 Å². The van der Waals surface area contributed by atoms with Crippen LogP contribution in [0.5, 0.6) is 5.75 Å². The first kappa shape index (κ1) is 27.2. The lowest BCUT2D eigenvalue weighted by molar-refractivity contribution is -0.142. The predicted octanol–water partition coefficient (Wildman–Crippen LogP) is 3.89. The maximum absolute atomic E-state index is 13.3. The van der Waals surface area contributed by atoms with E-state index in [2.05, 4.69) is 10.7 Å². The van der Waals surface area contributed by atoms with Crippen LogP contribution < -0.4 is 10.7 Å². The van der Waals surface area contributed by atoms with Gasteiger partial charge in [0.25, 0.3) is 11.8 Å². The van der Waals surface area contributed by atoms with Crippen molar-refractivity contribution in [3.05, 3.63) is 64.2 Å². The Hall–Kier alpha value is -3.43. The number of hydrogen-bond donors (Lipinski definition) is 4. The van der Waals surface area contributed by atoms with Gasteiger partial charge in [0, 0.05) is 18.5 Å². The van der Waals surface area contributed by atoms with Gasteiger partial charge in [-0.2, -0.15) is 0 Å². The molecule has 4 N–H and O–H groups in total. The highest BCUT2D eigenvalue weighted by atomic mass is 35.5. The second-order valence-electron chi connectivity index (χ2n) is 8.98. The van der Waals surface area contributed by atoms with Crippen LogP contribution in [-0.4, -0.2) is 45.0 Å². The average molecular weight is 516 g/mol. The summed E-state index contributed by atoms with van der Waals surface area (Å²) in [4.78, 5) is 50.3. The van der Waals surface area contributed by atoms with Crippen LogP contribution in [-0.2, 0) is 16.1 Å². The van der Waals surface area contributed by atoms with Crippen molar-refractivity contribution in [2.24, 2.45) is 5.92 Å². The highest BCUT2D eigenvalue weighted by molar-refractivity contribution is 6.34. The standard InChI is InChI=1S/C26H30ClN3O6/c1-16(26(35)36)29-30(23(32)13-17-6-3-2-4-7-17)25(34)21-11-10-19(14-22(21)27)24(33)28-15-18-8-5-9-20(31)12-18/h5,8-12,14,16-17,29,31H,2-4,6-7,13,15H2,1H3,(H,28,33)(H,35,36)/t16-/m0/s1. The minimum absolute atomic E-state index is 0.0386. The van der Waals surface area contributed by atoms with Gasteiger partial charge in [0.2, 0.25) is 5.91 Å². The van der Waals surface area contributed by atoms with Gasteiger partial charge in [-0.1, -0.05) is 43.0 Å². The molecule has 0 aromatic heterocycles. The number of nitrogens with one attached hydrogen (secondary N) is 2. The molecule has 0 aliphatic heterocycles. The van der Waals surface area contributed by atoms with Gasteiger partial charge in [0.05, 0.1) is 10.6 Å². The molecule has 1 aliphatic rings. The van der Waals surface area contributed by atoms with Crippen molar-refractivity contribution in [1.82, 2.24) is 15.8 Å². The Balaban J connectivity index is 1.74. The number of imide groups is 1. The highest BCUT2D eigenvalue weighted by Gasteiger charge is 2.30. The summed E-state index contributed by atoms with van der Waals surface area (Å²) in [5, 5.41) is 22.2. The summed E-state index contributed by atoms with van der Waals surface area (Å²) in [5.41, 5.74) is 3.35. The number of halogens is 1. The molecule has 0 saturated heterocycles. The number of aromatic hydroxyl groups is 1. The first-order valence-electron chi connectivity index (χ1n) is 11.9. The van der Waals surface area contributed by atoms with Crippen molar-refractivity contribution < 1.29 is 29.4 Å². The number of aliphatic carboxylic acids is 1. The Kier molecular flexibility index (Phi) is 9.44. The van der Waals surface area contributed by atoms with Crippen molar-refractivity contribution in [2.45, 2.75) is 58.0 Å². The lowest BCUT2D eigenvalue weighted by atomic mass is 9.87. The van der Waals surface area contributed by atoms with Crippen LogP contribution in [0.15, 0.2) is 42.5 Å². The van der Waals surface area contributed by atoms with Crippen molar-refractivity contribution in [3.8, 4) is 5.75 Å². The molecule has 2 aromatic carbocycles. The molecule has 3 amide bonds. The fourth-order valence-electron chi connectivity index (χ4n) is 4.12. The summed E-state index contributed by atoms with van der Waals surface area (Å²) in [6, 6.07) is 9.33. The van der Waals surface area contributed by atoms with Crippen LogP contribution in [0, 0.1) is 5.92 Å². The number of nitrogens with zero attached hydrogens (tertiary/aromatic N) is 1. The van der Waals surface area contributed by atoms with E-state index in [-0.39, 0.29) is 40.8 Å². The lowest BCUT2D eigenvalue weighted by Crippen LogP contribution is -2.53. The summed E-state index contributed by atoms with van der Waals surface area (Å²) in [7, 11) is 0. The summed E-state index contributed by atoms with van der Waals surface area (Å²) in [6.07, 6.45) is 5.05. The highest BCUT2D eigenvalue weighted by Crippen LogP contribution is 2.27. The SMILES string of the molecule is C[C@H](NN(C(=O)CC1CCCCC1)C(=O)c1ccc(C(=O)NCc2cccc(O)c2)cc1Cl)C(=O)O. The topological polar surface area (TPSA) is 136 Å². The third-order valence-electron chi connectivity index (χ3n) is 6.16. The monoisotopic (exact) mass is 515 g/mol. The van der Waals surface area contributed by atoms with Crippen LogP contribution >= 0.6 is 11.6 Å². The molecular weight excluding hydrogens is 486 g/mol. The number of rotatable bonds is 9. The minimum atomic E-state index is -1.22. The van der Waals surface area contributed by atoms with Crippen LogP contribution in [0.25, 0.3) is 0 Å². The molecule has 1 fully saturated rings. The number of phenols is 1. The number of carboxylic acid groups (broad SMARTS) is 1. The Morgan fingerprint density at radius 3 is 2.44 bits per heavy atom. The van der Waals surface area contributed by atoms with Crippen molar-refractivity contribution in [2.75, 3.05) is 0 Å². The third-order valence-corrected chi connectivity index (χ3v) is 6.47. The third kappa shape index (κ3) is 7.29. The van der Waals surface area contributed by atoms with Gasteiger partial charge in [-0.3, -0.25) is 19.2 Å². The molecule has 0 spiro atoms. The quantitative estimate of drug-likeness (QED) is 0.372. The van der Waals surface area contributed by atoms with E-state index in [1.54, 1.807) is 12.1 Å². The molecule has 0 radical (unpaired) electrons. The van der Waals surface area contributed by atoms with Crippen molar-refractivity contribution in [1.29, 1.82) is 0 Å². The predicted molar refractivity (Wildman–Crippen MR) is 133 cm³/mol. The molecule has 9 nitrogen and oxygen atoms in total. The molecule has 192 valence electrons. The molecule has 0 bridgehead atoms. The molecule has 1 atom stereocenters. The van der Waals surface area contributed by atoms with Gasteiger partial charge in [-0.15, -0.1) is 0 Å². The van der Waals surface area contributed by atoms with E-state index in [9.17, 15) is 29.4 Å². The molecule has 0 heterocycles. The molecule has 36 heavy (non-hydrogen) atoms. The molecule has 1 saturated carbocycles. The lowest BCUT2D eigenvalue weighted by Gasteiger charge is -2.27. The van der Waals surface area contributed by atoms with E-state index in [0.29, 0.717) is 5.56 Å². The van der Waals surface area contributed by atoms with Crippen LogP contribution in [0.3, 0.4) is 0 Å². The molecule has 3 rings (SSSR count). The summed E-state index contributed by atoms with van der Waals surface area (Å²) < 4.78 is 0. The number of carbonyl (C=O) groups excluding carboxylic acids is 3. The van der Waals surface area contributed by atoms with E-state index in [1.807, 2.05) is 0 Å². The van der Waals surface area contributed by atoms with Gasteiger partial charge in [0.15, 0.2) is 0 Å². The van der Waals surface area contributed by atoms with Crippen LogP contribution in [0.4, 0.5) is 0 Å². The number of carboxylic acids is 1. The van der Waals surface area contributed by atoms with Crippen LogP contribution in [0.2, 0.25) is 5.02 Å². The Morgan fingerprint density at radius 2 is 1.81 bits per heavy atom. The molecular formula is C26H30ClN3O6. The fourth-order valence-corrected chi connectivity index (χ4v) is 4.38. The molecule has 10 heteroatoms. The summed E-state index contributed by atoms with van der Waals surface area (Å²) in [5.74, 6) is -2.76. The average Bonchev–Trinajstić information content (AvgIpc) is 2.85. The number of hydrogen-bond acceptors (Lipinski definition) is 6. The summed E-state index contributed by atoms with van der Waals surface area (Å²) in [6.45, 7) is 1.50. The van der Waals surface area contributed by atoms with E-state index in [4.69, 9.17) is 11.6 Å². The Morgan fingerprint density at radius 1 is 1.08 bits per heavy atom. The van der Waals surface area contributed by atoms with Gasteiger partial charge < -0.3 is 15.5 Å². The number of benzene rings is 2. The number of phenolic OH excluding ortho intramolecular Hbond substituents is 1. The zero-order valence-electron chi connectivity index (χ0n) is 20.0. The second kappa shape index (κ2) is 12.5. The van der Waals surface area contributed by atoms with E-state index < -0.39 is 29.7 Å². The maximum Gasteiger partial charge on any atom is 0.322 e. The first-order chi connectivity index (χ1) is 17.2. The number of hydrazine groups is 1. The molecule has 1 aliphatic carbocycles. The molecule has 0 unspecified atom stereocenters. The molecule has 2 aromatic rings. The fraction of sp³-hybridized carbons (Fsp3) is 0.385. The van der Waals surface area contributed by atoms with Gasteiger partial charge >= 0.3 is 5.97 Å². The minimum Gasteiger partial charge on any atom is -0.508 e. The smallest absolute Gasteiger partial charge is 0.322 e. The van der Waals surface area contributed by atoms with Crippen LogP contribution in [0.1, 0.15) is 71.7 Å². The zero-order chi connectivity index (χ0) is 26.2. The Labute approximate surface area is 214 Å². The maximum atomic E-state index is 13.3. The van der Waals surface area contributed by atoms with Gasteiger partial charge in [-0.05, 0) is 61.6 Å². The number of amides is 3. The van der Waals surface area contributed by atoms with Gasteiger partial charge in [0.1, 0.15) is 11.8 Å². The van der Waals surface area contributed by atoms with E-state index >= 15 is 0 Å². The second-order valence-corrected chi connectivity index (χ2v) is 9.39. The zero-order valence-corrected chi connectivity index (χ0v) is 20.8. The first-order valence-corrected chi connectivity index (χ1v) is 12.3. The van der Waals surface area contributed by atoms with E-state index in [1.165, 1.54) is 37.3 Å².